The fourth-order valence-electron chi connectivity index (χ4n) is 8.06. The Morgan fingerprint density at radius 1 is 1.11 bits per heavy atom. The zero-order chi connectivity index (χ0) is 38.1. The lowest BCUT2D eigenvalue weighted by Crippen LogP contribution is -2.47. The van der Waals surface area contributed by atoms with Crippen LogP contribution in [0, 0.1) is 20.9 Å². The zero-order valence-corrected chi connectivity index (χ0v) is 31.7. The highest BCUT2D eigenvalue weighted by atomic mass is 35.5. The number of nitro groups is 1. The lowest BCUT2D eigenvalue weighted by Gasteiger charge is -2.47. The number of amides is 1. The molecule has 1 aliphatic heterocycles. The quantitative estimate of drug-likeness (QED) is 0.0705. The van der Waals surface area contributed by atoms with Gasteiger partial charge in [0.1, 0.15) is 17.1 Å². The van der Waals surface area contributed by atoms with Gasteiger partial charge in [0, 0.05) is 78.3 Å². The van der Waals surface area contributed by atoms with E-state index in [0.29, 0.717) is 21.8 Å². The van der Waals surface area contributed by atoms with E-state index in [9.17, 15) is 14.9 Å². The van der Waals surface area contributed by atoms with E-state index in [1.165, 1.54) is 49.0 Å². The average molecular weight is 777 g/mol. The molecular weight excluding hydrogens is 736 g/mol. The van der Waals surface area contributed by atoms with E-state index < -0.39 is 10.8 Å². The van der Waals surface area contributed by atoms with Crippen LogP contribution in [0.1, 0.15) is 54.4 Å². The number of carbonyl (C=O) groups is 1. The third-order valence-corrected chi connectivity index (χ3v) is 12.3. The molecule has 2 aromatic carbocycles. The molecule has 2 fully saturated rings. The molecule has 4 aromatic rings. The number of ether oxygens (including phenoxy) is 1. The van der Waals surface area contributed by atoms with Crippen molar-refractivity contribution >= 4 is 57.5 Å². The summed E-state index contributed by atoms with van der Waals surface area (Å²) < 4.78 is 9.14. The summed E-state index contributed by atoms with van der Waals surface area (Å²) in [4.78, 5) is 37.4. The number of hydrogen-bond donors (Lipinski definition) is 4. The van der Waals surface area contributed by atoms with Crippen LogP contribution in [0.15, 0.2) is 107 Å². The van der Waals surface area contributed by atoms with Crippen molar-refractivity contribution in [3.05, 3.63) is 133 Å². The molecule has 2 aromatic heterocycles. The first-order chi connectivity index (χ1) is 26.7. The topological polar surface area (TPSA) is 167 Å². The monoisotopic (exact) mass is 776 g/mol. The van der Waals surface area contributed by atoms with Crippen molar-refractivity contribution in [3.8, 4) is 11.5 Å². The van der Waals surface area contributed by atoms with Gasteiger partial charge in [0.25, 0.3) is 11.6 Å². The molecule has 4 aliphatic rings. The summed E-state index contributed by atoms with van der Waals surface area (Å²) in [6, 6.07) is 17.7. The Hall–Kier alpha value is -5.37. The summed E-state index contributed by atoms with van der Waals surface area (Å²) in [7, 11) is 0. The van der Waals surface area contributed by atoms with Crippen molar-refractivity contribution in [2.45, 2.75) is 38.5 Å². The number of aromatic nitrogens is 2. The third kappa shape index (κ3) is 7.77. The second kappa shape index (κ2) is 15.4. The van der Waals surface area contributed by atoms with E-state index >= 15 is 0 Å². The number of nitrogens with two attached hydrogens (primary N) is 1. The van der Waals surface area contributed by atoms with Gasteiger partial charge in [-0.1, -0.05) is 35.7 Å². The fourth-order valence-corrected chi connectivity index (χ4v) is 8.86. The minimum atomic E-state index is -0.599. The lowest BCUT2D eigenvalue weighted by molar-refractivity contribution is -0.420. The number of allylic oxidation sites excluding steroid dienone is 4. The molecule has 0 bridgehead atoms. The van der Waals surface area contributed by atoms with E-state index in [-0.39, 0.29) is 22.5 Å². The molecule has 5 N–H and O–H groups in total. The highest BCUT2D eigenvalue weighted by molar-refractivity contribution is 8.02. The van der Waals surface area contributed by atoms with Gasteiger partial charge in [0.05, 0.1) is 28.0 Å². The van der Waals surface area contributed by atoms with Crippen molar-refractivity contribution < 1.29 is 14.5 Å². The molecule has 55 heavy (non-hydrogen) atoms. The van der Waals surface area contributed by atoms with Crippen molar-refractivity contribution in [2.24, 2.45) is 11.1 Å². The van der Waals surface area contributed by atoms with E-state index in [1.807, 2.05) is 36.4 Å². The molecule has 1 amide bonds. The molecule has 3 aliphatic carbocycles. The molecule has 0 atom stereocenters. The van der Waals surface area contributed by atoms with Gasteiger partial charge >= 0.3 is 0 Å². The van der Waals surface area contributed by atoms with Crippen LogP contribution in [-0.2, 0) is 0 Å². The Morgan fingerprint density at radius 3 is 2.64 bits per heavy atom. The maximum absolute atomic E-state index is 13.7. The number of piperazine rings is 1. The first-order valence-electron chi connectivity index (χ1n) is 18.4. The van der Waals surface area contributed by atoms with Crippen LogP contribution in [0.5, 0.6) is 11.5 Å². The van der Waals surface area contributed by atoms with Crippen LogP contribution >= 0.6 is 23.5 Å². The van der Waals surface area contributed by atoms with E-state index in [0.717, 1.165) is 85.5 Å². The summed E-state index contributed by atoms with van der Waals surface area (Å²) in [6.07, 6.45) is 14.7. The number of rotatable bonds is 10. The number of H-pyrrole nitrogens is 1. The maximum atomic E-state index is 13.7. The number of aromatic amines is 1. The van der Waals surface area contributed by atoms with Crippen molar-refractivity contribution in [2.75, 3.05) is 37.6 Å². The van der Waals surface area contributed by atoms with Crippen LogP contribution in [0.2, 0.25) is 5.02 Å². The van der Waals surface area contributed by atoms with Gasteiger partial charge in [-0.05, 0) is 103 Å². The predicted molar refractivity (Wildman–Crippen MR) is 218 cm³/mol. The van der Waals surface area contributed by atoms with Crippen molar-refractivity contribution in [1.82, 2.24) is 19.6 Å². The largest absolute Gasteiger partial charge is 0.455 e. The third-order valence-electron chi connectivity index (χ3n) is 11.3. The van der Waals surface area contributed by atoms with Crippen LogP contribution in [0.3, 0.4) is 0 Å². The van der Waals surface area contributed by atoms with Gasteiger partial charge < -0.3 is 20.4 Å². The second-order valence-corrected chi connectivity index (χ2v) is 15.9. The van der Waals surface area contributed by atoms with Crippen molar-refractivity contribution in [1.29, 1.82) is 5.41 Å². The van der Waals surface area contributed by atoms with E-state index in [4.69, 9.17) is 27.5 Å². The summed E-state index contributed by atoms with van der Waals surface area (Å²) in [5.41, 5.74) is 11.9. The Labute approximate surface area is 327 Å². The molecule has 3 heterocycles. The summed E-state index contributed by atoms with van der Waals surface area (Å²) in [6.45, 7) is 4.39. The van der Waals surface area contributed by atoms with Gasteiger partial charge in [0.2, 0.25) is 0 Å². The van der Waals surface area contributed by atoms with Crippen LogP contribution in [0.25, 0.3) is 16.6 Å². The van der Waals surface area contributed by atoms with E-state index in [2.05, 4.69) is 36.6 Å². The number of anilines is 1. The molecule has 8 rings (SSSR count). The molecule has 282 valence electrons. The number of carbonyl (C=O) groups excluding carboxylic acids is 1. The summed E-state index contributed by atoms with van der Waals surface area (Å²) in [5.74, 6) is 0.358. The predicted octanol–water partition coefficient (Wildman–Crippen LogP) is 8.24. The Balaban J connectivity index is 0.993. The zero-order valence-electron chi connectivity index (χ0n) is 30.1. The van der Waals surface area contributed by atoms with Crippen molar-refractivity contribution in [3.63, 3.8) is 0 Å². The Bertz CT molecular complexity index is 2300. The molecule has 1 saturated carbocycles. The number of fused-ring (bicyclic) bond motifs is 1. The Kier molecular flexibility index (Phi) is 10.2. The first kappa shape index (κ1) is 36.6. The number of halogens is 1. The molecule has 14 heteroatoms. The van der Waals surface area contributed by atoms with Gasteiger partial charge in [-0.25, -0.2) is 4.98 Å². The number of hydrogen-bond acceptors (Lipinski definition) is 10. The fraction of sp³-hybridized carbons (Fsp3) is 0.293. The standard InChI is InChI=1S/C41H41ClN8O4S/c42-29-4-2-26(3-5-29)34-22-41(10-1-11-41)12-8-28(34)25-48-14-16-49(17-15-48)30-6-7-33(38(19-30)54-31-18-27-9-13-45-39(27)46-24-31)40(51)47-55-32-20-36(44)35(23-43)37(21-32)50(52)53/h2-7,9,13,18-21,23-24,44H,1,8,10-12,14-17,22,25,43H2,(H,45,46)(H,47,51)/b35-23+,44-36?. The highest BCUT2D eigenvalue weighted by Crippen LogP contribution is 2.55. The molecule has 12 nitrogen and oxygen atoms in total. The van der Waals surface area contributed by atoms with Gasteiger partial charge in [0.15, 0.2) is 0 Å². The minimum Gasteiger partial charge on any atom is -0.455 e. The number of benzene rings is 2. The van der Waals surface area contributed by atoms with Gasteiger partial charge in [-0.15, -0.1) is 0 Å². The molecule has 0 radical (unpaired) electrons. The number of pyridine rings is 1. The highest BCUT2D eigenvalue weighted by Gasteiger charge is 2.41. The maximum Gasteiger partial charge on any atom is 0.281 e. The second-order valence-electron chi connectivity index (χ2n) is 14.6. The SMILES string of the molecule is N=C1C=C(SNC(=O)c2ccc(N3CCN(CC4=C(c5ccc(Cl)cc5)CC5(CCC5)CC4)CC3)cc2Oc2cnc3[nH]ccc3c2)C=C([N+](=O)[O-])/C1=C/N. The summed E-state index contributed by atoms with van der Waals surface area (Å²) >= 11 is 7.15. The molecular formula is C41H41ClN8O4S. The lowest BCUT2D eigenvalue weighted by atomic mass is 9.59. The van der Waals surface area contributed by atoms with Gasteiger partial charge in [-0.2, -0.15) is 0 Å². The smallest absolute Gasteiger partial charge is 0.281 e. The summed E-state index contributed by atoms with van der Waals surface area (Å²) in [5, 5.41) is 21.4. The van der Waals surface area contributed by atoms with Crippen LogP contribution in [0.4, 0.5) is 5.69 Å². The van der Waals surface area contributed by atoms with Gasteiger partial charge in [-0.3, -0.25) is 29.9 Å². The normalized spacial score (nSPS) is 19.3. The molecule has 0 unspecified atom stereocenters. The minimum absolute atomic E-state index is 0.0106. The van der Waals surface area contributed by atoms with E-state index in [1.54, 1.807) is 24.0 Å². The van der Waals surface area contributed by atoms with Crippen LogP contribution in [-0.4, -0.2) is 64.1 Å². The number of nitrogens with zero attached hydrogens (tertiary/aromatic N) is 4. The number of nitrogens with one attached hydrogen (secondary N) is 3. The molecule has 1 saturated heterocycles. The first-order valence-corrected chi connectivity index (χ1v) is 19.6. The Morgan fingerprint density at radius 2 is 1.91 bits per heavy atom. The molecule has 1 spiro atoms. The van der Waals surface area contributed by atoms with Crippen LogP contribution < -0.4 is 20.1 Å². The average Bonchev–Trinajstić information content (AvgIpc) is 3.65.